The average molecular weight is 294 g/mol. The molecule has 3 aliphatic rings. The number of carbonyl (C=O) groups is 2. The highest BCUT2D eigenvalue weighted by atomic mass is 16.5. The predicted octanol–water partition coefficient (Wildman–Crippen LogP) is 1.32. The van der Waals surface area contributed by atoms with Crippen molar-refractivity contribution < 1.29 is 14.3 Å². The molecule has 0 radical (unpaired) electrons. The van der Waals surface area contributed by atoms with Gasteiger partial charge < -0.3 is 15.0 Å². The Kier molecular flexibility index (Phi) is 4.78. The van der Waals surface area contributed by atoms with Gasteiger partial charge in [0.1, 0.15) is 0 Å². The molecule has 2 aliphatic heterocycles. The fourth-order valence-corrected chi connectivity index (χ4v) is 3.33. The number of nitrogens with zero attached hydrogens (tertiary/aromatic N) is 1. The summed E-state index contributed by atoms with van der Waals surface area (Å²) in [7, 11) is 0. The van der Waals surface area contributed by atoms with E-state index in [9.17, 15) is 9.59 Å². The van der Waals surface area contributed by atoms with Crippen LogP contribution in [0.1, 0.15) is 44.9 Å². The summed E-state index contributed by atoms with van der Waals surface area (Å²) in [6, 6.07) is 0.251. The zero-order valence-electron chi connectivity index (χ0n) is 12.7. The summed E-state index contributed by atoms with van der Waals surface area (Å²) >= 11 is 0. The first kappa shape index (κ1) is 14.8. The summed E-state index contributed by atoms with van der Waals surface area (Å²) in [5, 5.41) is 3.15. The lowest BCUT2D eigenvalue weighted by Crippen LogP contribution is -2.47. The van der Waals surface area contributed by atoms with Gasteiger partial charge >= 0.3 is 0 Å². The zero-order chi connectivity index (χ0) is 14.7. The monoisotopic (exact) mass is 294 g/mol. The zero-order valence-corrected chi connectivity index (χ0v) is 12.7. The molecule has 0 bridgehead atoms. The van der Waals surface area contributed by atoms with Gasteiger partial charge in [0.2, 0.25) is 11.8 Å². The Labute approximate surface area is 126 Å². The maximum absolute atomic E-state index is 12.1. The Morgan fingerprint density at radius 1 is 1.00 bits per heavy atom. The van der Waals surface area contributed by atoms with Crippen LogP contribution in [0.15, 0.2) is 0 Å². The van der Waals surface area contributed by atoms with Gasteiger partial charge in [0.05, 0.1) is 0 Å². The van der Waals surface area contributed by atoms with E-state index < -0.39 is 0 Å². The van der Waals surface area contributed by atoms with Crippen molar-refractivity contribution in [2.45, 2.75) is 51.0 Å². The number of rotatable bonds is 4. The maximum atomic E-state index is 12.1. The third kappa shape index (κ3) is 4.19. The van der Waals surface area contributed by atoms with Crippen molar-refractivity contribution >= 4 is 11.8 Å². The quantitative estimate of drug-likeness (QED) is 0.851. The second-order valence-corrected chi connectivity index (χ2v) is 6.70. The molecular formula is C16H26N2O3. The van der Waals surface area contributed by atoms with Crippen LogP contribution >= 0.6 is 0 Å². The molecule has 1 aliphatic carbocycles. The highest BCUT2D eigenvalue weighted by Gasteiger charge is 2.35. The Bertz CT molecular complexity index is 381. The first-order valence-electron chi connectivity index (χ1n) is 8.38. The number of carbonyl (C=O) groups excluding carboxylic acids is 2. The summed E-state index contributed by atoms with van der Waals surface area (Å²) in [5.41, 5.74) is 0. The number of hydrogen-bond acceptors (Lipinski definition) is 3. The molecule has 3 rings (SSSR count). The summed E-state index contributed by atoms with van der Waals surface area (Å²) in [5.74, 6) is 1.30. The van der Waals surface area contributed by atoms with E-state index >= 15 is 0 Å². The van der Waals surface area contributed by atoms with Gasteiger partial charge in [-0.15, -0.1) is 0 Å². The molecule has 1 N–H and O–H groups in total. The SMILES string of the molecule is O=C(CC1CCOCC1)NC1CCN(C(=O)C2CC2)CC1. The molecule has 118 valence electrons. The maximum Gasteiger partial charge on any atom is 0.225 e. The lowest BCUT2D eigenvalue weighted by Gasteiger charge is -2.33. The molecular weight excluding hydrogens is 268 g/mol. The number of hydrogen-bond donors (Lipinski definition) is 1. The van der Waals surface area contributed by atoms with Crippen molar-refractivity contribution in [2.24, 2.45) is 11.8 Å². The number of amides is 2. The minimum absolute atomic E-state index is 0.175. The highest BCUT2D eigenvalue weighted by molar-refractivity contribution is 5.81. The largest absolute Gasteiger partial charge is 0.381 e. The molecule has 3 fully saturated rings. The standard InChI is InChI=1S/C16H26N2O3/c19-15(11-12-5-9-21-10-6-12)17-14-3-7-18(8-4-14)16(20)13-1-2-13/h12-14H,1-11H2,(H,17,19). The van der Waals surface area contributed by atoms with Crippen LogP contribution in [0.25, 0.3) is 0 Å². The summed E-state index contributed by atoms with van der Waals surface area (Å²) in [6.45, 7) is 3.19. The van der Waals surface area contributed by atoms with E-state index in [-0.39, 0.29) is 11.9 Å². The molecule has 0 atom stereocenters. The van der Waals surface area contributed by atoms with Gasteiger partial charge in [0.15, 0.2) is 0 Å². The molecule has 0 aromatic carbocycles. The highest BCUT2D eigenvalue weighted by Crippen LogP contribution is 2.31. The third-order valence-corrected chi connectivity index (χ3v) is 4.91. The molecule has 21 heavy (non-hydrogen) atoms. The normalized spacial score (nSPS) is 24.9. The first-order valence-corrected chi connectivity index (χ1v) is 8.38. The molecule has 2 amide bonds. The van der Waals surface area contributed by atoms with Crippen LogP contribution in [0, 0.1) is 11.8 Å². The Morgan fingerprint density at radius 3 is 2.29 bits per heavy atom. The molecule has 0 spiro atoms. The van der Waals surface area contributed by atoms with Crippen LogP contribution in [0.5, 0.6) is 0 Å². The smallest absolute Gasteiger partial charge is 0.225 e. The Balaban J connectivity index is 1.36. The van der Waals surface area contributed by atoms with Gasteiger partial charge in [-0.1, -0.05) is 0 Å². The van der Waals surface area contributed by atoms with Gasteiger partial charge in [0, 0.05) is 44.7 Å². The van der Waals surface area contributed by atoms with Crippen LogP contribution in [0.3, 0.4) is 0 Å². The van der Waals surface area contributed by atoms with E-state index in [1.54, 1.807) is 0 Å². The molecule has 0 aromatic rings. The number of nitrogens with one attached hydrogen (secondary N) is 1. The molecule has 2 heterocycles. The second kappa shape index (κ2) is 6.77. The first-order chi connectivity index (χ1) is 10.2. The lowest BCUT2D eigenvalue weighted by molar-refractivity contribution is -0.133. The molecule has 0 unspecified atom stereocenters. The number of ether oxygens (including phenoxy) is 1. The molecule has 0 aromatic heterocycles. The van der Waals surface area contributed by atoms with E-state index in [0.717, 1.165) is 64.8 Å². The van der Waals surface area contributed by atoms with Crippen molar-refractivity contribution in [1.29, 1.82) is 0 Å². The van der Waals surface area contributed by atoms with E-state index in [2.05, 4.69) is 5.32 Å². The summed E-state index contributed by atoms with van der Waals surface area (Å²) in [6.07, 6.45) is 6.57. The molecule has 2 saturated heterocycles. The van der Waals surface area contributed by atoms with Crippen molar-refractivity contribution in [1.82, 2.24) is 10.2 Å². The third-order valence-electron chi connectivity index (χ3n) is 4.91. The predicted molar refractivity (Wildman–Crippen MR) is 78.6 cm³/mol. The second-order valence-electron chi connectivity index (χ2n) is 6.70. The summed E-state index contributed by atoms with van der Waals surface area (Å²) < 4.78 is 5.32. The van der Waals surface area contributed by atoms with Gasteiger partial charge in [-0.3, -0.25) is 9.59 Å². The van der Waals surface area contributed by atoms with Crippen LogP contribution in [-0.2, 0) is 14.3 Å². The van der Waals surface area contributed by atoms with Gasteiger partial charge in [-0.05, 0) is 44.4 Å². The van der Waals surface area contributed by atoms with E-state index in [1.807, 2.05) is 4.90 Å². The van der Waals surface area contributed by atoms with Crippen molar-refractivity contribution in [3.63, 3.8) is 0 Å². The van der Waals surface area contributed by atoms with Crippen LogP contribution in [0.2, 0.25) is 0 Å². The average Bonchev–Trinajstić information content (AvgIpc) is 3.33. The van der Waals surface area contributed by atoms with E-state index in [4.69, 9.17) is 4.74 Å². The van der Waals surface area contributed by atoms with Gasteiger partial charge in [0.25, 0.3) is 0 Å². The molecule has 5 heteroatoms. The lowest BCUT2D eigenvalue weighted by atomic mass is 9.95. The summed E-state index contributed by atoms with van der Waals surface area (Å²) in [4.78, 5) is 26.0. The Morgan fingerprint density at radius 2 is 1.67 bits per heavy atom. The fraction of sp³-hybridized carbons (Fsp3) is 0.875. The van der Waals surface area contributed by atoms with E-state index in [0.29, 0.717) is 24.2 Å². The molecule has 5 nitrogen and oxygen atoms in total. The fourth-order valence-electron chi connectivity index (χ4n) is 3.33. The number of piperidine rings is 1. The van der Waals surface area contributed by atoms with Crippen molar-refractivity contribution in [2.75, 3.05) is 26.3 Å². The van der Waals surface area contributed by atoms with Crippen LogP contribution in [-0.4, -0.2) is 49.1 Å². The molecule has 1 saturated carbocycles. The van der Waals surface area contributed by atoms with E-state index in [1.165, 1.54) is 0 Å². The van der Waals surface area contributed by atoms with Gasteiger partial charge in [-0.25, -0.2) is 0 Å². The van der Waals surface area contributed by atoms with Crippen molar-refractivity contribution in [3.05, 3.63) is 0 Å². The van der Waals surface area contributed by atoms with Crippen LogP contribution in [0.4, 0.5) is 0 Å². The Hall–Kier alpha value is -1.10. The van der Waals surface area contributed by atoms with Crippen molar-refractivity contribution in [3.8, 4) is 0 Å². The van der Waals surface area contributed by atoms with Gasteiger partial charge in [-0.2, -0.15) is 0 Å². The van der Waals surface area contributed by atoms with Crippen LogP contribution < -0.4 is 5.32 Å². The minimum atomic E-state index is 0.175. The minimum Gasteiger partial charge on any atom is -0.381 e. The number of likely N-dealkylation sites (tertiary alicyclic amines) is 1. The topological polar surface area (TPSA) is 58.6 Å².